The molecule has 1 aromatic rings. The molecule has 0 heterocycles. The van der Waals surface area contributed by atoms with Crippen LogP contribution in [0.1, 0.15) is 36.5 Å². The Morgan fingerprint density at radius 2 is 2.11 bits per heavy atom. The fraction of sp³-hybridized carbons (Fsp3) is 0.429. The Hall–Kier alpha value is -1.88. The van der Waals surface area contributed by atoms with E-state index in [2.05, 4.69) is 10.6 Å². The highest BCUT2D eigenvalue weighted by Gasteiger charge is 2.40. The van der Waals surface area contributed by atoms with Gasteiger partial charge in [0.2, 0.25) is 5.91 Å². The summed E-state index contributed by atoms with van der Waals surface area (Å²) in [6, 6.07) is 6.86. The first-order chi connectivity index (χ1) is 9.05. The molecule has 0 aliphatic heterocycles. The van der Waals surface area contributed by atoms with Crippen LogP contribution in [0.25, 0.3) is 0 Å². The number of rotatable bonds is 4. The predicted octanol–water partition coefficient (Wildman–Crippen LogP) is 1.26. The smallest absolute Gasteiger partial charge is 0.251 e. The van der Waals surface area contributed by atoms with E-state index in [1.807, 2.05) is 6.92 Å². The average molecular weight is 261 g/mol. The lowest BCUT2D eigenvalue weighted by Gasteiger charge is -2.36. The number of carbonyl (C=O) groups is 2. The van der Waals surface area contributed by atoms with Crippen molar-refractivity contribution in [1.29, 1.82) is 0 Å². The number of benzene rings is 1. The van der Waals surface area contributed by atoms with Crippen LogP contribution in [-0.4, -0.2) is 23.9 Å². The zero-order valence-electron chi connectivity index (χ0n) is 11.0. The van der Waals surface area contributed by atoms with Crippen molar-refractivity contribution in [3.8, 4) is 0 Å². The van der Waals surface area contributed by atoms with E-state index in [-0.39, 0.29) is 11.8 Å². The highest BCUT2D eigenvalue weighted by molar-refractivity contribution is 6.00. The lowest BCUT2D eigenvalue weighted by Crippen LogP contribution is -2.56. The van der Waals surface area contributed by atoms with E-state index >= 15 is 0 Å². The van der Waals surface area contributed by atoms with Crippen LogP contribution in [0.4, 0.5) is 5.69 Å². The van der Waals surface area contributed by atoms with Crippen molar-refractivity contribution in [2.45, 2.75) is 31.7 Å². The fourth-order valence-corrected chi connectivity index (χ4v) is 2.04. The van der Waals surface area contributed by atoms with E-state index in [1.54, 1.807) is 24.3 Å². The van der Waals surface area contributed by atoms with E-state index in [1.165, 1.54) is 0 Å². The molecule has 0 saturated heterocycles. The highest BCUT2D eigenvalue weighted by atomic mass is 16.2. The SMILES string of the molecule is CCNC(=O)c1cccc(NC(=O)C2(N)CCC2)c1. The number of anilines is 1. The molecule has 5 heteroatoms. The van der Waals surface area contributed by atoms with Gasteiger partial charge in [-0.3, -0.25) is 9.59 Å². The van der Waals surface area contributed by atoms with E-state index in [0.29, 0.717) is 17.8 Å². The van der Waals surface area contributed by atoms with Gasteiger partial charge in [-0.05, 0) is 44.4 Å². The van der Waals surface area contributed by atoms with Crippen LogP contribution in [0.5, 0.6) is 0 Å². The van der Waals surface area contributed by atoms with Crippen molar-refractivity contribution >= 4 is 17.5 Å². The van der Waals surface area contributed by atoms with Crippen LogP contribution in [0.2, 0.25) is 0 Å². The molecule has 1 fully saturated rings. The number of amides is 2. The molecule has 1 aliphatic rings. The number of nitrogens with two attached hydrogens (primary N) is 1. The van der Waals surface area contributed by atoms with E-state index < -0.39 is 5.54 Å². The molecule has 0 bridgehead atoms. The van der Waals surface area contributed by atoms with Gasteiger partial charge < -0.3 is 16.4 Å². The summed E-state index contributed by atoms with van der Waals surface area (Å²) in [5, 5.41) is 5.50. The lowest BCUT2D eigenvalue weighted by atomic mass is 9.77. The van der Waals surface area contributed by atoms with Crippen LogP contribution < -0.4 is 16.4 Å². The predicted molar refractivity (Wildman–Crippen MR) is 73.8 cm³/mol. The standard InChI is InChI=1S/C14H19N3O2/c1-2-16-12(18)10-5-3-6-11(9-10)17-13(19)14(15)7-4-8-14/h3,5-6,9H,2,4,7-8,15H2,1H3,(H,16,18)(H,17,19). The maximum Gasteiger partial charge on any atom is 0.251 e. The van der Waals surface area contributed by atoms with E-state index in [4.69, 9.17) is 5.73 Å². The molecule has 2 rings (SSSR count). The van der Waals surface area contributed by atoms with Gasteiger partial charge in [0.1, 0.15) is 0 Å². The average Bonchev–Trinajstić information content (AvgIpc) is 2.36. The summed E-state index contributed by atoms with van der Waals surface area (Å²) in [4.78, 5) is 23.7. The molecule has 4 N–H and O–H groups in total. The van der Waals surface area contributed by atoms with Gasteiger partial charge in [-0.25, -0.2) is 0 Å². The second-order valence-electron chi connectivity index (χ2n) is 4.90. The molecule has 0 atom stereocenters. The monoisotopic (exact) mass is 261 g/mol. The summed E-state index contributed by atoms with van der Waals surface area (Å²) in [5.74, 6) is -0.323. The first-order valence-corrected chi connectivity index (χ1v) is 6.54. The summed E-state index contributed by atoms with van der Waals surface area (Å²) in [6.07, 6.45) is 2.42. The number of nitrogens with one attached hydrogen (secondary N) is 2. The quantitative estimate of drug-likeness (QED) is 0.762. The van der Waals surface area contributed by atoms with Gasteiger partial charge in [0.05, 0.1) is 5.54 Å². The minimum Gasteiger partial charge on any atom is -0.352 e. The van der Waals surface area contributed by atoms with Crippen LogP contribution >= 0.6 is 0 Å². The second-order valence-corrected chi connectivity index (χ2v) is 4.90. The molecule has 19 heavy (non-hydrogen) atoms. The van der Waals surface area contributed by atoms with Gasteiger partial charge in [0.25, 0.3) is 5.91 Å². The molecule has 2 amide bonds. The van der Waals surface area contributed by atoms with Crippen LogP contribution in [-0.2, 0) is 4.79 Å². The summed E-state index contributed by atoms with van der Waals surface area (Å²) < 4.78 is 0. The Balaban J connectivity index is 2.06. The Morgan fingerprint density at radius 3 is 2.68 bits per heavy atom. The molecule has 0 radical (unpaired) electrons. The first kappa shape index (κ1) is 13.5. The zero-order chi connectivity index (χ0) is 13.9. The van der Waals surface area contributed by atoms with Gasteiger partial charge >= 0.3 is 0 Å². The minimum absolute atomic E-state index is 0.148. The Kier molecular flexibility index (Phi) is 3.85. The zero-order valence-corrected chi connectivity index (χ0v) is 11.0. The Bertz CT molecular complexity index is 495. The molecule has 0 spiro atoms. The van der Waals surface area contributed by atoms with Crippen molar-refractivity contribution in [1.82, 2.24) is 5.32 Å². The van der Waals surface area contributed by atoms with Crippen LogP contribution in [0.3, 0.4) is 0 Å². The summed E-state index contributed by atoms with van der Waals surface area (Å²) in [6.45, 7) is 2.43. The summed E-state index contributed by atoms with van der Waals surface area (Å²) in [5.41, 5.74) is 6.34. The van der Waals surface area contributed by atoms with Gasteiger partial charge in [-0.15, -0.1) is 0 Å². The number of hydrogen-bond acceptors (Lipinski definition) is 3. The third-order valence-corrected chi connectivity index (χ3v) is 3.42. The summed E-state index contributed by atoms with van der Waals surface area (Å²) in [7, 11) is 0. The normalized spacial score (nSPS) is 16.3. The number of carbonyl (C=O) groups excluding carboxylic acids is 2. The second kappa shape index (κ2) is 5.40. The van der Waals surface area contributed by atoms with Crippen molar-refractivity contribution in [2.75, 3.05) is 11.9 Å². The van der Waals surface area contributed by atoms with Crippen LogP contribution in [0.15, 0.2) is 24.3 Å². The topological polar surface area (TPSA) is 84.2 Å². The van der Waals surface area contributed by atoms with Gasteiger partial charge in [-0.2, -0.15) is 0 Å². The van der Waals surface area contributed by atoms with Crippen LogP contribution in [0, 0.1) is 0 Å². The number of hydrogen-bond donors (Lipinski definition) is 3. The molecule has 0 aromatic heterocycles. The Labute approximate surface area is 112 Å². The molecule has 5 nitrogen and oxygen atoms in total. The largest absolute Gasteiger partial charge is 0.352 e. The maximum absolute atomic E-state index is 12.0. The summed E-state index contributed by atoms with van der Waals surface area (Å²) >= 11 is 0. The first-order valence-electron chi connectivity index (χ1n) is 6.54. The van der Waals surface area contributed by atoms with Crippen molar-refractivity contribution in [3.63, 3.8) is 0 Å². The van der Waals surface area contributed by atoms with Crippen molar-refractivity contribution in [3.05, 3.63) is 29.8 Å². The Morgan fingerprint density at radius 1 is 1.37 bits per heavy atom. The highest BCUT2D eigenvalue weighted by Crippen LogP contribution is 2.30. The molecule has 1 aromatic carbocycles. The lowest BCUT2D eigenvalue weighted by molar-refractivity contribution is -0.123. The third kappa shape index (κ3) is 2.93. The molecule has 0 unspecified atom stereocenters. The molecular weight excluding hydrogens is 242 g/mol. The van der Waals surface area contributed by atoms with Gasteiger partial charge in [0, 0.05) is 17.8 Å². The fourth-order valence-electron chi connectivity index (χ4n) is 2.04. The molecule has 1 saturated carbocycles. The van der Waals surface area contributed by atoms with Crippen molar-refractivity contribution in [2.24, 2.45) is 5.73 Å². The maximum atomic E-state index is 12.0. The van der Waals surface area contributed by atoms with E-state index in [0.717, 1.165) is 19.3 Å². The molecule has 1 aliphatic carbocycles. The van der Waals surface area contributed by atoms with E-state index in [9.17, 15) is 9.59 Å². The molecule has 102 valence electrons. The van der Waals surface area contributed by atoms with Gasteiger partial charge in [-0.1, -0.05) is 6.07 Å². The van der Waals surface area contributed by atoms with Gasteiger partial charge in [0.15, 0.2) is 0 Å². The minimum atomic E-state index is -0.734. The molecular formula is C14H19N3O2. The van der Waals surface area contributed by atoms with Crippen molar-refractivity contribution < 1.29 is 9.59 Å². The third-order valence-electron chi connectivity index (χ3n) is 3.42.